The Hall–Kier alpha value is -1.35. The molecule has 0 bridgehead atoms. The minimum atomic E-state index is -1.04. The van der Waals surface area contributed by atoms with Gasteiger partial charge in [-0.15, -0.1) is 0 Å². The summed E-state index contributed by atoms with van der Waals surface area (Å²) >= 11 is 5.79. The molecule has 1 aromatic rings. The first-order chi connectivity index (χ1) is 6.18. The van der Waals surface area contributed by atoms with Gasteiger partial charge in [-0.3, -0.25) is 0 Å². The number of hydrogen-bond acceptors (Lipinski definition) is 2. The van der Waals surface area contributed by atoms with Crippen molar-refractivity contribution in [3.8, 4) is 0 Å². The Morgan fingerprint density at radius 2 is 2.38 bits per heavy atom. The van der Waals surface area contributed by atoms with Gasteiger partial charge in [0.05, 0.1) is 0 Å². The van der Waals surface area contributed by atoms with Crippen LogP contribution in [-0.2, 0) is 6.42 Å². The number of allylic oxidation sites excluding steroid dienone is 1. The van der Waals surface area contributed by atoms with E-state index in [4.69, 9.17) is 16.7 Å². The smallest absolute Gasteiger partial charge is 0.354 e. The van der Waals surface area contributed by atoms with E-state index < -0.39 is 5.97 Å². The summed E-state index contributed by atoms with van der Waals surface area (Å²) in [5.41, 5.74) is 1.77. The molecular formula is C9H6ClNO2. The van der Waals surface area contributed by atoms with E-state index in [1.807, 2.05) is 12.2 Å². The molecule has 0 atom stereocenters. The second-order valence-electron chi connectivity index (χ2n) is 2.78. The maximum Gasteiger partial charge on any atom is 0.354 e. The van der Waals surface area contributed by atoms with Gasteiger partial charge in [-0.25, -0.2) is 9.78 Å². The second-order valence-corrected chi connectivity index (χ2v) is 3.14. The molecule has 1 aromatic heterocycles. The van der Waals surface area contributed by atoms with E-state index in [2.05, 4.69) is 4.98 Å². The van der Waals surface area contributed by atoms with E-state index in [1.165, 1.54) is 0 Å². The van der Waals surface area contributed by atoms with Gasteiger partial charge in [0.25, 0.3) is 0 Å². The molecule has 3 nitrogen and oxygen atoms in total. The number of aromatic nitrogens is 1. The summed E-state index contributed by atoms with van der Waals surface area (Å²) in [6.07, 6.45) is 4.53. The van der Waals surface area contributed by atoms with Crippen LogP contribution in [0, 0.1) is 0 Å². The first-order valence-corrected chi connectivity index (χ1v) is 4.15. The third kappa shape index (κ3) is 1.31. The number of halogens is 1. The molecule has 0 saturated heterocycles. The third-order valence-electron chi connectivity index (χ3n) is 1.94. The van der Waals surface area contributed by atoms with Crippen molar-refractivity contribution in [2.24, 2.45) is 0 Å². The van der Waals surface area contributed by atoms with Crippen molar-refractivity contribution in [2.45, 2.75) is 6.42 Å². The zero-order chi connectivity index (χ0) is 9.42. The molecule has 0 radical (unpaired) electrons. The number of carbonyl (C=O) groups is 1. The number of hydrogen-bond donors (Lipinski definition) is 1. The van der Waals surface area contributed by atoms with Gasteiger partial charge >= 0.3 is 5.97 Å². The molecule has 0 aliphatic heterocycles. The van der Waals surface area contributed by atoms with Crippen LogP contribution in [0.1, 0.15) is 21.6 Å². The summed E-state index contributed by atoms with van der Waals surface area (Å²) in [6, 6.07) is 1.56. The summed E-state index contributed by atoms with van der Waals surface area (Å²) < 4.78 is 0. The second kappa shape index (κ2) is 2.85. The molecule has 66 valence electrons. The first-order valence-electron chi connectivity index (χ1n) is 3.78. The predicted molar refractivity (Wildman–Crippen MR) is 48.9 cm³/mol. The highest BCUT2D eigenvalue weighted by Crippen LogP contribution is 2.26. The number of pyridine rings is 1. The topological polar surface area (TPSA) is 50.2 Å². The first kappa shape index (κ1) is 8.26. The van der Waals surface area contributed by atoms with Crippen LogP contribution in [0.25, 0.3) is 6.08 Å². The normalized spacial score (nSPS) is 13.0. The highest BCUT2D eigenvalue weighted by molar-refractivity contribution is 6.31. The van der Waals surface area contributed by atoms with E-state index in [0.29, 0.717) is 0 Å². The quantitative estimate of drug-likeness (QED) is 0.698. The summed E-state index contributed by atoms with van der Waals surface area (Å²) in [7, 11) is 0. The number of carboxylic acid groups (broad SMARTS) is 1. The van der Waals surface area contributed by atoms with Crippen LogP contribution < -0.4 is 0 Å². The average Bonchev–Trinajstić information content (AvgIpc) is 2.51. The SMILES string of the molecule is O=C(O)c1cc2c(c(Cl)n1)C=CC2. The number of aromatic carboxylic acids is 1. The molecule has 1 aliphatic carbocycles. The van der Waals surface area contributed by atoms with E-state index in [9.17, 15) is 4.79 Å². The van der Waals surface area contributed by atoms with Crippen LogP contribution in [0.2, 0.25) is 5.15 Å². The van der Waals surface area contributed by atoms with Gasteiger partial charge in [0, 0.05) is 5.56 Å². The van der Waals surface area contributed by atoms with Crippen LogP contribution in [0.15, 0.2) is 12.1 Å². The van der Waals surface area contributed by atoms with E-state index in [1.54, 1.807) is 6.07 Å². The molecular weight excluding hydrogens is 190 g/mol. The lowest BCUT2D eigenvalue weighted by atomic mass is 10.1. The zero-order valence-electron chi connectivity index (χ0n) is 6.62. The predicted octanol–water partition coefficient (Wildman–Crippen LogP) is 2.00. The van der Waals surface area contributed by atoms with Crippen molar-refractivity contribution in [2.75, 3.05) is 0 Å². The van der Waals surface area contributed by atoms with Crippen LogP contribution in [0.5, 0.6) is 0 Å². The van der Waals surface area contributed by atoms with Crippen LogP contribution in [0.3, 0.4) is 0 Å². The number of rotatable bonds is 1. The van der Waals surface area contributed by atoms with Crippen molar-refractivity contribution in [3.05, 3.63) is 34.1 Å². The molecule has 0 saturated carbocycles. The molecule has 1 heterocycles. The van der Waals surface area contributed by atoms with Crippen molar-refractivity contribution in [3.63, 3.8) is 0 Å². The fourth-order valence-electron chi connectivity index (χ4n) is 1.33. The molecule has 0 amide bonds. The average molecular weight is 196 g/mol. The lowest BCUT2D eigenvalue weighted by molar-refractivity contribution is 0.0690. The maximum atomic E-state index is 10.6. The van der Waals surface area contributed by atoms with Gasteiger partial charge in [-0.2, -0.15) is 0 Å². The van der Waals surface area contributed by atoms with Crippen molar-refractivity contribution in [1.82, 2.24) is 4.98 Å². The molecule has 0 fully saturated rings. The maximum absolute atomic E-state index is 10.6. The number of carboxylic acids is 1. The number of nitrogens with zero attached hydrogens (tertiary/aromatic N) is 1. The van der Waals surface area contributed by atoms with Gasteiger partial charge < -0.3 is 5.11 Å². The molecule has 1 aliphatic rings. The van der Waals surface area contributed by atoms with Gasteiger partial charge in [0.2, 0.25) is 0 Å². The Morgan fingerprint density at radius 3 is 3.08 bits per heavy atom. The van der Waals surface area contributed by atoms with Crippen LogP contribution in [0.4, 0.5) is 0 Å². The fraction of sp³-hybridized carbons (Fsp3) is 0.111. The monoisotopic (exact) mass is 195 g/mol. The fourth-order valence-corrected chi connectivity index (χ4v) is 1.61. The Labute approximate surface area is 79.7 Å². The van der Waals surface area contributed by atoms with Gasteiger partial charge in [0.15, 0.2) is 0 Å². The van der Waals surface area contributed by atoms with Gasteiger partial charge in [-0.1, -0.05) is 23.8 Å². The zero-order valence-corrected chi connectivity index (χ0v) is 7.38. The van der Waals surface area contributed by atoms with Gasteiger partial charge in [0.1, 0.15) is 10.8 Å². The lowest BCUT2D eigenvalue weighted by Gasteiger charge is -2.02. The number of fused-ring (bicyclic) bond motifs is 1. The Morgan fingerprint density at radius 1 is 1.62 bits per heavy atom. The standard InChI is InChI=1S/C9H6ClNO2/c10-8-6-3-1-2-5(6)4-7(11-8)9(12)13/h1,3-4H,2H2,(H,12,13). The highest BCUT2D eigenvalue weighted by atomic mass is 35.5. The molecule has 4 heteroatoms. The van der Waals surface area contributed by atoms with Crippen molar-refractivity contribution in [1.29, 1.82) is 0 Å². The minimum Gasteiger partial charge on any atom is -0.477 e. The van der Waals surface area contributed by atoms with Crippen LogP contribution in [-0.4, -0.2) is 16.1 Å². The summed E-state index contributed by atoms with van der Waals surface area (Å²) in [5.74, 6) is -1.04. The molecule has 0 spiro atoms. The molecule has 2 rings (SSSR count). The van der Waals surface area contributed by atoms with E-state index in [-0.39, 0.29) is 10.8 Å². The van der Waals surface area contributed by atoms with Gasteiger partial charge in [-0.05, 0) is 18.1 Å². The van der Waals surface area contributed by atoms with Crippen molar-refractivity contribution < 1.29 is 9.90 Å². The Bertz CT molecular complexity index is 412. The molecule has 13 heavy (non-hydrogen) atoms. The summed E-state index contributed by atoms with van der Waals surface area (Å²) in [6.45, 7) is 0. The van der Waals surface area contributed by atoms with E-state index in [0.717, 1.165) is 17.5 Å². The molecule has 1 N–H and O–H groups in total. The molecule has 0 aromatic carbocycles. The lowest BCUT2D eigenvalue weighted by Crippen LogP contribution is -2.02. The highest BCUT2D eigenvalue weighted by Gasteiger charge is 2.14. The summed E-state index contributed by atoms with van der Waals surface area (Å²) in [5, 5.41) is 8.97. The minimum absolute atomic E-state index is 0.00690. The Kier molecular flexibility index (Phi) is 1.81. The largest absolute Gasteiger partial charge is 0.477 e. The van der Waals surface area contributed by atoms with E-state index >= 15 is 0 Å². The third-order valence-corrected chi connectivity index (χ3v) is 2.23. The van der Waals surface area contributed by atoms with Crippen LogP contribution >= 0.6 is 11.6 Å². The molecule has 0 unspecified atom stereocenters. The summed E-state index contributed by atoms with van der Waals surface area (Å²) in [4.78, 5) is 14.4. The Balaban J connectivity index is 2.59. The van der Waals surface area contributed by atoms with Crippen molar-refractivity contribution >= 4 is 23.6 Å².